The van der Waals surface area contributed by atoms with Gasteiger partial charge in [0.15, 0.2) is 0 Å². The van der Waals surface area contributed by atoms with Crippen LogP contribution in [-0.4, -0.2) is 24.2 Å². The van der Waals surface area contributed by atoms with E-state index in [1.165, 1.54) is 27.8 Å². The molecule has 3 rings (SSSR count). The van der Waals surface area contributed by atoms with Crippen molar-refractivity contribution in [1.82, 2.24) is 4.31 Å². The number of nitrogens with zero attached hydrogens (tertiary/aromatic N) is 2. The summed E-state index contributed by atoms with van der Waals surface area (Å²) in [5, 5.41) is 13.0. The third kappa shape index (κ3) is 2.85. The smallest absolute Gasteiger partial charge is 0.258 e. The molecule has 1 aliphatic heterocycles. The van der Waals surface area contributed by atoms with Gasteiger partial charge in [0.1, 0.15) is 0 Å². The summed E-state index contributed by atoms with van der Waals surface area (Å²) in [5.74, 6) is 0. The molecule has 0 bridgehead atoms. The largest absolute Gasteiger partial charge is 0.271 e. The Kier molecular flexibility index (Phi) is 4.46. The van der Waals surface area contributed by atoms with Crippen LogP contribution in [0, 0.1) is 24.0 Å². The van der Waals surface area contributed by atoms with Gasteiger partial charge in [-0.3, -0.25) is 10.1 Å². The molecular formula is C16H18N2O4S2. The van der Waals surface area contributed by atoms with E-state index < -0.39 is 14.9 Å². The van der Waals surface area contributed by atoms with Crippen molar-refractivity contribution in [1.29, 1.82) is 0 Å². The van der Waals surface area contributed by atoms with Crippen LogP contribution >= 0.6 is 11.3 Å². The number of sulfonamides is 1. The van der Waals surface area contributed by atoms with Crippen LogP contribution < -0.4 is 0 Å². The zero-order chi connectivity index (χ0) is 17.5. The molecule has 0 saturated carbocycles. The van der Waals surface area contributed by atoms with Gasteiger partial charge in [-0.1, -0.05) is 6.07 Å². The predicted molar refractivity (Wildman–Crippen MR) is 92.8 cm³/mol. The van der Waals surface area contributed by atoms with Crippen molar-refractivity contribution in [2.24, 2.45) is 0 Å². The highest BCUT2D eigenvalue weighted by Gasteiger charge is 2.38. The van der Waals surface area contributed by atoms with Crippen LogP contribution in [0.5, 0.6) is 0 Å². The molecular weight excluding hydrogens is 348 g/mol. The summed E-state index contributed by atoms with van der Waals surface area (Å²) < 4.78 is 27.9. The summed E-state index contributed by atoms with van der Waals surface area (Å²) in [7, 11) is -3.79. The van der Waals surface area contributed by atoms with Gasteiger partial charge >= 0.3 is 0 Å². The van der Waals surface area contributed by atoms with Crippen molar-refractivity contribution in [3.63, 3.8) is 0 Å². The molecule has 2 aromatic rings. The highest BCUT2D eigenvalue weighted by molar-refractivity contribution is 7.89. The van der Waals surface area contributed by atoms with Gasteiger partial charge in [-0.05, 0) is 49.3 Å². The summed E-state index contributed by atoms with van der Waals surface area (Å²) in [4.78, 5) is 11.6. The van der Waals surface area contributed by atoms with Crippen LogP contribution in [0.4, 0.5) is 5.69 Å². The van der Waals surface area contributed by atoms with E-state index in [9.17, 15) is 18.5 Å². The lowest BCUT2D eigenvalue weighted by atomic mass is 10.1. The molecule has 1 fully saturated rings. The van der Waals surface area contributed by atoms with E-state index in [0.717, 1.165) is 17.7 Å². The fourth-order valence-electron chi connectivity index (χ4n) is 3.10. The zero-order valence-corrected chi connectivity index (χ0v) is 15.1. The van der Waals surface area contributed by atoms with Crippen molar-refractivity contribution in [3.05, 3.63) is 55.8 Å². The Labute approximate surface area is 144 Å². The summed E-state index contributed by atoms with van der Waals surface area (Å²) in [5.41, 5.74) is 0.982. The molecule has 0 spiro atoms. The van der Waals surface area contributed by atoms with E-state index in [4.69, 9.17) is 0 Å². The normalized spacial score (nSPS) is 18.8. The maximum atomic E-state index is 13.2. The summed E-state index contributed by atoms with van der Waals surface area (Å²) in [6.07, 6.45) is 1.56. The Balaban J connectivity index is 2.09. The predicted octanol–water partition coefficient (Wildman–Crippen LogP) is 3.80. The minimum absolute atomic E-state index is 0.0395. The van der Waals surface area contributed by atoms with Crippen LogP contribution in [0.3, 0.4) is 0 Å². The van der Waals surface area contributed by atoms with E-state index in [1.54, 1.807) is 13.8 Å². The van der Waals surface area contributed by atoms with Gasteiger partial charge in [0, 0.05) is 23.6 Å². The van der Waals surface area contributed by atoms with Gasteiger partial charge in [-0.15, -0.1) is 11.3 Å². The maximum absolute atomic E-state index is 13.2. The third-order valence-electron chi connectivity index (χ3n) is 4.48. The van der Waals surface area contributed by atoms with Crippen molar-refractivity contribution < 1.29 is 13.3 Å². The molecule has 1 atom stereocenters. The van der Waals surface area contributed by atoms with E-state index >= 15 is 0 Å². The van der Waals surface area contributed by atoms with Crippen molar-refractivity contribution in [2.45, 2.75) is 37.6 Å². The van der Waals surface area contributed by atoms with E-state index in [2.05, 4.69) is 0 Å². The van der Waals surface area contributed by atoms with Crippen LogP contribution in [0.1, 0.15) is 34.9 Å². The monoisotopic (exact) mass is 366 g/mol. The average molecular weight is 366 g/mol. The molecule has 6 nitrogen and oxygen atoms in total. The first-order valence-corrected chi connectivity index (χ1v) is 9.95. The first-order chi connectivity index (χ1) is 11.3. The van der Waals surface area contributed by atoms with Crippen molar-refractivity contribution in [2.75, 3.05) is 6.54 Å². The summed E-state index contributed by atoms with van der Waals surface area (Å²) in [6.45, 7) is 3.83. The zero-order valence-electron chi connectivity index (χ0n) is 13.4. The van der Waals surface area contributed by atoms with Crippen LogP contribution in [0.15, 0.2) is 34.5 Å². The lowest BCUT2D eigenvalue weighted by Gasteiger charge is -2.24. The Morgan fingerprint density at radius 2 is 2.08 bits per heavy atom. The quantitative estimate of drug-likeness (QED) is 0.609. The van der Waals surface area contributed by atoms with Crippen molar-refractivity contribution in [3.8, 4) is 0 Å². The van der Waals surface area contributed by atoms with Gasteiger partial charge in [-0.25, -0.2) is 8.42 Å². The molecule has 8 heteroatoms. The number of benzene rings is 1. The van der Waals surface area contributed by atoms with Crippen molar-refractivity contribution >= 4 is 27.0 Å². The van der Waals surface area contributed by atoms with Gasteiger partial charge in [0.2, 0.25) is 10.0 Å². The fourth-order valence-corrected chi connectivity index (χ4v) is 6.04. The minimum atomic E-state index is -3.79. The summed E-state index contributed by atoms with van der Waals surface area (Å²) in [6, 6.07) is 6.26. The third-order valence-corrected chi connectivity index (χ3v) is 7.49. The van der Waals surface area contributed by atoms with Gasteiger partial charge < -0.3 is 0 Å². The van der Waals surface area contributed by atoms with E-state index in [1.807, 2.05) is 17.5 Å². The Morgan fingerprint density at radius 3 is 2.71 bits per heavy atom. The average Bonchev–Trinajstić information content (AvgIpc) is 3.19. The molecule has 0 radical (unpaired) electrons. The lowest BCUT2D eigenvalue weighted by molar-refractivity contribution is -0.385. The molecule has 1 aromatic carbocycles. The highest BCUT2D eigenvalue weighted by Crippen LogP contribution is 2.39. The standard InChI is InChI=1S/C16H18N2O4S2/c1-11-9-13(18(19)20)10-16(12(11)2)24(21,22)17-7-3-5-14(17)15-6-4-8-23-15/h4,6,8-10,14H,3,5,7H2,1-2H3. The number of rotatable bonds is 4. The second kappa shape index (κ2) is 6.27. The van der Waals surface area contributed by atoms with Gasteiger partial charge in [-0.2, -0.15) is 4.31 Å². The SMILES string of the molecule is Cc1cc([N+](=O)[O-])cc(S(=O)(=O)N2CCCC2c2cccs2)c1C. The van der Waals surface area contributed by atoms with Crippen LogP contribution in [0.2, 0.25) is 0 Å². The Morgan fingerprint density at radius 1 is 1.33 bits per heavy atom. The molecule has 1 aliphatic rings. The number of nitro benzene ring substituents is 1. The second-order valence-electron chi connectivity index (χ2n) is 5.93. The van der Waals surface area contributed by atoms with Crippen LogP contribution in [-0.2, 0) is 10.0 Å². The molecule has 24 heavy (non-hydrogen) atoms. The maximum Gasteiger partial charge on any atom is 0.271 e. The van der Waals surface area contributed by atoms with Gasteiger partial charge in [0.05, 0.1) is 15.9 Å². The first kappa shape index (κ1) is 17.1. The number of aryl methyl sites for hydroxylation is 1. The molecule has 0 amide bonds. The number of non-ortho nitro benzene ring substituents is 1. The molecule has 2 heterocycles. The molecule has 1 aromatic heterocycles. The number of nitro groups is 1. The molecule has 0 aliphatic carbocycles. The summed E-state index contributed by atoms with van der Waals surface area (Å²) >= 11 is 1.54. The second-order valence-corrected chi connectivity index (χ2v) is 8.77. The number of hydrogen-bond acceptors (Lipinski definition) is 5. The molecule has 0 N–H and O–H groups in total. The first-order valence-electron chi connectivity index (χ1n) is 7.63. The Hall–Kier alpha value is -1.77. The van der Waals surface area contributed by atoms with Crippen LogP contribution in [0.25, 0.3) is 0 Å². The lowest BCUT2D eigenvalue weighted by Crippen LogP contribution is -2.31. The van der Waals surface area contributed by atoms with E-state index in [-0.39, 0.29) is 16.6 Å². The molecule has 128 valence electrons. The fraction of sp³-hybridized carbons (Fsp3) is 0.375. The highest BCUT2D eigenvalue weighted by atomic mass is 32.2. The molecule has 1 saturated heterocycles. The van der Waals surface area contributed by atoms with Gasteiger partial charge in [0.25, 0.3) is 5.69 Å². The minimum Gasteiger partial charge on any atom is -0.258 e. The number of thiophene rings is 1. The Bertz CT molecular complexity index is 876. The van der Waals surface area contributed by atoms with E-state index in [0.29, 0.717) is 17.7 Å². The number of hydrogen-bond donors (Lipinski definition) is 0. The topological polar surface area (TPSA) is 80.5 Å². The molecule has 1 unspecified atom stereocenters.